The van der Waals surface area contributed by atoms with Gasteiger partial charge in [-0.1, -0.05) is 68.3 Å². The van der Waals surface area contributed by atoms with E-state index < -0.39 is 0 Å². The average molecular weight is 367 g/mol. The Morgan fingerprint density at radius 2 is 1.92 bits per heavy atom. The molecule has 0 spiro atoms. The molecule has 1 heteroatoms. The molecule has 1 aliphatic carbocycles. The molecule has 0 saturated carbocycles. The van der Waals surface area contributed by atoms with Crippen molar-refractivity contribution in [1.82, 2.24) is 0 Å². The Bertz CT molecular complexity index is 802. The first kappa shape index (κ1) is 19.2. The number of halogens is 1. The molecule has 0 N–H and O–H groups in total. The smallest absolute Gasteiger partial charge is 0.0408 e. The highest BCUT2D eigenvalue weighted by Crippen LogP contribution is 2.48. The van der Waals surface area contributed by atoms with E-state index in [4.69, 9.17) is 11.6 Å². The lowest BCUT2D eigenvalue weighted by Crippen LogP contribution is -2.25. The molecular formula is C25H31Cl. The highest BCUT2D eigenvalue weighted by molar-refractivity contribution is 6.30. The van der Waals surface area contributed by atoms with Crippen molar-refractivity contribution in [1.29, 1.82) is 0 Å². The molecule has 0 heterocycles. The van der Waals surface area contributed by atoms with Crippen LogP contribution >= 0.6 is 11.6 Å². The van der Waals surface area contributed by atoms with Crippen molar-refractivity contribution in [3.05, 3.63) is 81.4 Å². The van der Waals surface area contributed by atoms with Gasteiger partial charge in [-0.15, -0.1) is 0 Å². The van der Waals surface area contributed by atoms with Crippen LogP contribution in [-0.4, -0.2) is 0 Å². The highest BCUT2D eigenvalue weighted by Gasteiger charge is 2.39. The second-order valence-corrected chi connectivity index (χ2v) is 8.29. The van der Waals surface area contributed by atoms with Crippen molar-refractivity contribution < 1.29 is 0 Å². The molecule has 1 atom stereocenters. The standard InChI is InChI=1S/C25H31Cl/c1-5-14-25(19(4)6-2)15-13-22-17-20(8-12-24(22)25)7-9-21-10-11-23(26)16-18(21)3/h8,10-12,16-17H,4-7,9,13-15H2,1-3H3. The summed E-state index contributed by atoms with van der Waals surface area (Å²) >= 11 is 6.08. The van der Waals surface area contributed by atoms with Gasteiger partial charge in [0.1, 0.15) is 0 Å². The van der Waals surface area contributed by atoms with Crippen LogP contribution in [0.1, 0.15) is 67.3 Å². The second kappa shape index (κ2) is 8.01. The summed E-state index contributed by atoms with van der Waals surface area (Å²) in [6, 6.07) is 13.5. The van der Waals surface area contributed by atoms with Crippen molar-refractivity contribution in [2.75, 3.05) is 0 Å². The van der Waals surface area contributed by atoms with E-state index in [0.29, 0.717) is 0 Å². The molecule has 0 fully saturated rings. The summed E-state index contributed by atoms with van der Waals surface area (Å²) in [5.41, 5.74) is 8.89. The maximum absolute atomic E-state index is 6.08. The molecule has 138 valence electrons. The zero-order valence-electron chi connectivity index (χ0n) is 16.5. The van der Waals surface area contributed by atoms with Gasteiger partial charge in [0.15, 0.2) is 0 Å². The van der Waals surface area contributed by atoms with E-state index in [1.54, 1.807) is 11.1 Å². The molecule has 0 nitrogen and oxygen atoms in total. The quantitative estimate of drug-likeness (QED) is 0.448. The molecule has 2 aromatic carbocycles. The third kappa shape index (κ3) is 3.62. The van der Waals surface area contributed by atoms with E-state index in [0.717, 1.165) is 24.3 Å². The van der Waals surface area contributed by atoms with Crippen LogP contribution < -0.4 is 0 Å². The van der Waals surface area contributed by atoms with Gasteiger partial charge in [0.2, 0.25) is 0 Å². The molecule has 3 rings (SSSR count). The summed E-state index contributed by atoms with van der Waals surface area (Å²) in [4.78, 5) is 0. The predicted octanol–water partition coefficient (Wildman–Crippen LogP) is 7.38. The maximum Gasteiger partial charge on any atom is 0.0408 e. The SMILES string of the molecule is C=C(CC)C1(CCC)CCc2cc(CCc3ccc(Cl)cc3C)ccc21. The summed E-state index contributed by atoms with van der Waals surface area (Å²) in [5, 5.41) is 0.826. The van der Waals surface area contributed by atoms with Crippen LogP contribution in [0.15, 0.2) is 48.6 Å². The predicted molar refractivity (Wildman–Crippen MR) is 114 cm³/mol. The van der Waals surface area contributed by atoms with Crippen LogP contribution in [0.3, 0.4) is 0 Å². The molecule has 0 aromatic heterocycles. The largest absolute Gasteiger partial charge is 0.0990 e. The second-order valence-electron chi connectivity index (χ2n) is 7.85. The Hall–Kier alpha value is -1.53. The Kier molecular flexibility index (Phi) is 5.92. The minimum atomic E-state index is 0.226. The Labute approximate surface area is 164 Å². The summed E-state index contributed by atoms with van der Waals surface area (Å²) in [6.07, 6.45) is 8.13. The van der Waals surface area contributed by atoms with Crippen molar-refractivity contribution in [2.24, 2.45) is 0 Å². The molecule has 26 heavy (non-hydrogen) atoms. The van der Waals surface area contributed by atoms with Gasteiger partial charge in [-0.3, -0.25) is 0 Å². The molecule has 1 unspecified atom stereocenters. The number of hydrogen-bond donors (Lipinski definition) is 0. The third-order valence-corrected chi connectivity index (χ3v) is 6.51. The normalized spacial score (nSPS) is 18.8. The lowest BCUT2D eigenvalue weighted by molar-refractivity contribution is 0.444. The number of aryl methyl sites for hydroxylation is 4. The number of allylic oxidation sites excluding steroid dienone is 1. The Morgan fingerprint density at radius 1 is 1.12 bits per heavy atom. The van der Waals surface area contributed by atoms with Crippen LogP contribution in [0.4, 0.5) is 0 Å². The molecular weight excluding hydrogens is 336 g/mol. The Balaban J connectivity index is 1.80. The van der Waals surface area contributed by atoms with E-state index in [1.807, 2.05) is 6.07 Å². The topological polar surface area (TPSA) is 0 Å². The fraction of sp³-hybridized carbons (Fsp3) is 0.440. The van der Waals surface area contributed by atoms with Gasteiger partial charge in [0.25, 0.3) is 0 Å². The molecule has 0 aliphatic heterocycles. The fourth-order valence-electron chi connectivity index (χ4n) is 4.75. The van der Waals surface area contributed by atoms with Crippen molar-refractivity contribution in [3.8, 4) is 0 Å². The monoisotopic (exact) mass is 366 g/mol. The molecule has 0 radical (unpaired) electrons. The van der Waals surface area contributed by atoms with Gasteiger partial charge in [-0.25, -0.2) is 0 Å². The van der Waals surface area contributed by atoms with Gasteiger partial charge in [0.05, 0.1) is 0 Å². The van der Waals surface area contributed by atoms with E-state index >= 15 is 0 Å². The van der Waals surface area contributed by atoms with Crippen molar-refractivity contribution in [2.45, 2.75) is 71.1 Å². The molecule has 2 aromatic rings. The zero-order chi connectivity index (χ0) is 18.7. The molecule has 0 amide bonds. The number of hydrogen-bond acceptors (Lipinski definition) is 0. The van der Waals surface area contributed by atoms with Gasteiger partial charge >= 0.3 is 0 Å². The highest BCUT2D eigenvalue weighted by atomic mass is 35.5. The van der Waals surface area contributed by atoms with Gasteiger partial charge in [-0.2, -0.15) is 0 Å². The lowest BCUT2D eigenvalue weighted by atomic mass is 9.71. The van der Waals surface area contributed by atoms with Gasteiger partial charge in [-0.05, 0) is 85.4 Å². The van der Waals surface area contributed by atoms with Gasteiger partial charge in [0, 0.05) is 10.4 Å². The summed E-state index contributed by atoms with van der Waals surface area (Å²) in [7, 11) is 0. The van der Waals surface area contributed by atoms with Crippen LogP contribution in [-0.2, 0) is 24.7 Å². The van der Waals surface area contributed by atoms with E-state index in [9.17, 15) is 0 Å². The molecule has 1 aliphatic rings. The van der Waals surface area contributed by atoms with Crippen LogP contribution in [0.5, 0.6) is 0 Å². The van der Waals surface area contributed by atoms with Crippen LogP contribution in [0.25, 0.3) is 0 Å². The first-order valence-electron chi connectivity index (χ1n) is 10.1. The lowest BCUT2D eigenvalue weighted by Gasteiger charge is -2.32. The third-order valence-electron chi connectivity index (χ3n) is 6.27. The number of fused-ring (bicyclic) bond motifs is 1. The van der Waals surface area contributed by atoms with Crippen LogP contribution in [0, 0.1) is 6.92 Å². The maximum atomic E-state index is 6.08. The number of rotatable bonds is 7. The van der Waals surface area contributed by atoms with E-state index in [-0.39, 0.29) is 5.41 Å². The minimum Gasteiger partial charge on any atom is -0.0990 e. The summed E-state index contributed by atoms with van der Waals surface area (Å²) < 4.78 is 0. The first-order chi connectivity index (χ1) is 12.5. The molecule has 0 saturated heterocycles. The summed E-state index contributed by atoms with van der Waals surface area (Å²) in [5.74, 6) is 0. The minimum absolute atomic E-state index is 0.226. The summed E-state index contributed by atoms with van der Waals surface area (Å²) in [6.45, 7) is 11.1. The average Bonchev–Trinajstić information content (AvgIpc) is 3.00. The van der Waals surface area contributed by atoms with E-state index in [1.165, 1.54) is 47.9 Å². The van der Waals surface area contributed by atoms with E-state index in [2.05, 4.69) is 57.7 Å². The van der Waals surface area contributed by atoms with Crippen molar-refractivity contribution >= 4 is 11.6 Å². The Morgan fingerprint density at radius 3 is 2.62 bits per heavy atom. The fourth-order valence-corrected chi connectivity index (χ4v) is 4.97. The number of benzene rings is 2. The van der Waals surface area contributed by atoms with Crippen molar-refractivity contribution in [3.63, 3.8) is 0 Å². The van der Waals surface area contributed by atoms with Gasteiger partial charge < -0.3 is 0 Å². The molecule has 0 bridgehead atoms. The van der Waals surface area contributed by atoms with Crippen LogP contribution in [0.2, 0.25) is 5.02 Å². The first-order valence-corrected chi connectivity index (χ1v) is 10.4. The zero-order valence-corrected chi connectivity index (χ0v) is 17.3.